The lowest BCUT2D eigenvalue weighted by atomic mass is 10.3. The Morgan fingerprint density at radius 3 is 2.14 bits per heavy atom. The Bertz CT molecular complexity index is 41.0. The van der Waals surface area contributed by atoms with E-state index >= 15 is 0 Å². The van der Waals surface area contributed by atoms with Crippen LogP contribution in [0.4, 0.5) is 0 Å². The van der Waals surface area contributed by atoms with Crippen molar-refractivity contribution in [3.8, 4) is 0 Å². The van der Waals surface area contributed by atoms with Gasteiger partial charge < -0.3 is 4.55 Å². The Labute approximate surface area is 54.9 Å². The van der Waals surface area contributed by atoms with Gasteiger partial charge in [-0.25, -0.2) is 0 Å². The Kier molecular flexibility index (Phi) is 4.17. The minimum atomic E-state index is -0.783. The van der Waals surface area contributed by atoms with Crippen LogP contribution in [0.25, 0.3) is 0 Å². The Hall–Kier alpha value is 0.790. The highest BCUT2D eigenvalue weighted by molar-refractivity contribution is 9.47. The van der Waals surface area contributed by atoms with Crippen molar-refractivity contribution in [2.45, 2.75) is 13.8 Å². The van der Waals surface area contributed by atoms with Gasteiger partial charge in [-0.15, -0.1) is 0 Å². The normalized spacial score (nSPS) is 15.0. The molecule has 1 unspecified atom stereocenters. The van der Waals surface area contributed by atoms with Crippen LogP contribution in [0, 0.1) is 5.92 Å². The summed E-state index contributed by atoms with van der Waals surface area (Å²) >= 11 is 2.95. The van der Waals surface area contributed by atoms with E-state index < -0.39 is 9.61 Å². The first-order valence-electron chi connectivity index (χ1n) is 2.17. The Morgan fingerprint density at radius 2 is 2.14 bits per heavy atom. The molecule has 0 bridgehead atoms. The van der Waals surface area contributed by atoms with E-state index in [0.29, 0.717) is 5.92 Å². The van der Waals surface area contributed by atoms with Crippen LogP contribution in [0.2, 0.25) is 0 Å². The lowest BCUT2D eigenvalue weighted by Crippen LogP contribution is -2.03. The molecule has 0 radical (unpaired) electrons. The molecule has 0 amide bonds. The van der Waals surface area contributed by atoms with Crippen molar-refractivity contribution in [3.63, 3.8) is 0 Å². The van der Waals surface area contributed by atoms with E-state index in [2.05, 4.69) is 14.8 Å². The molecular weight excluding hydrogens is 176 g/mol. The molecule has 0 N–H and O–H groups in total. The van der Waals surface area contributed by atoms with Crippen LogP contribution in [0.1, 0.15) is 13.8 Å². The van der Waals surface area contributed by atoms with Gasteiger partial charge in [-0.1, -0.05) is 13.8 Å². The van der Waals surface area contributed by atoms with Crippen LogP contribution in [-0.4, -0.2) is 10.3 Å². The fourth-order valence-corrected chi connectivity index (χ4v) is 2.37. The lowest BCUT2D eigenvalue weighted by Gasteiger charge is -2.01. The fraction of sp³-hybridized carbons (Fsp3) is 1.00. The SMILES string of the molecule is CC(C)C[S+]([O-])Br. The molecule has 1 nitrogen and oxygen atoms in total. The summed E-state index contributed by atoms with van der Waals surface area (Å²) in [5.41, 5.74) is 0. The average molecular weight is 185 g/mol. The van der Waals surface area contributed by atoms with Crippen LogP contribution >= 0.6 is 14.8 Å². The van der Waals surface area contributed by atoms with Crippen LogP contribution in [0.15, 0.2) is 0 Å². The molecule has 0 aliphatic heterocycles. The monoisotopic (exact) mass is 184 g/mol. The number of halogens is 1. The molecule has 0 saturated heterocycles. The second-order valence-electron chi connectivity index (χ2n) is 1.85. The predicted molar refractivity (Wildman–Crippen MR) is 36.8 cm³/mol. The van der Waals surface area contributed by atoms with Gasteiger partial charge in [-0.2, -0.15) is 0 Å². The predicted octanol–water partition coefficient (Wildman–Crippen LogP) is 1.70. The molecule has 0 aliphatic carbocycles. The van der Waals surface area contributed by atoms with Crippen molar-refractivity contribution in [1.82, 2.24) is 0 Å². The molecule has 0 aromatic carbocycles. The van der Waals surface area contributed by atoms with Crippen molar-refractivity contribution in [2.24, 2.45) is 5.92 Å². The second-order valence-corrected chi connectivity index (χ2v) is 4.93. The van der Waals surface area contributed by atoms with Crippen LogP contribution in [0.5, 0.6) is 0 Å². The summed E-state index contributed by atoms with van der Waals surface area (Å²) in [4.78, 5) is 0. The molecule has 44 valence electrons. The molecule has 0 aromatic rings. The highest BCUT2D eigenvalue weighted by Gasteiger charge is 2.02. The first kappa shape index (κ1) is 7.79. The van der Waals surface area contributed by atoms with Gasteiger partial charge in [-0.3, -0.25) is 0 Å². The summed E-state index contributed by atoms with van der Waals surface area (Å²) in [5.74, 6) is 1.28. The maximum Gasteiger partial charge on any atom is 0.230 e. The summed E-state index contributed by atoms with van der Waals surface area (Å²) in [7, 11) is -0.783. The Balaban J connectivity index is 2.95. The molecule has 0 rings (SSSR count). The van der Waals surface area contributed by atoms with Gasteiger partial charge in [0.25, 0.3) is 0 Å². The minimum absolute atomic E-state index is 0.528. The smallest absolute Gasteiger partial charge is 0.230 e. The first-order chi connectivity index (χ1) is 3.13. The van der Waals surface area contributed by atoms with E-state index in [9.17, 15) is 4.55 Å². The Morgan fingerprint density at radius 1 is 1.71 bits per heavy atom. The molecule has 0 heterocycles. The van der Waals surface area contributed by atoms with Gasteiger partial charge in [0.05, 0.1) is 0 Å². The van der Waals surface area contributed by atoms with E-state index in [1.165, 1.54) is 0 Å². The summed E-state index contributed by atoms with van der Waals surface area (Å²) in [6, 6.07) is 0. The summed E-state index contributed by atoms with van der Waals surface area (Å²) in [6.45, 7) is 4.08. The highest BCUT2D eigenvalue weighted by Crippen LogP contribution is 2.05. The average Bonchev–Trinajstić information content (AvgIpc) is 1.27. The topological polar surface area (TPSA) is 23.1 Å². The molecule has 0 aliphatic rings. The molecule has 0 spiro atoms. The standard InChI is InChI=1S/C4H9BrOS/c1-4(2)3-7(5)6/h4H,3H2,1-2H3. The molecule has 0 aromatic heterocycles. The maximum absolute atomic E-state index is 10.3. The third kappa shape index (κ3) is 6.79. The van der Waals surface area contributed by atoms with Crippen LogP contribution < -0.4 is 0 Å². The van der Waals surface area contributed by atoms with E-state index in [0.717, 1.165) is 5.75 Å². The van der Waals surface area contributed by atoms with Gasteiger partial charge in [-0.05, 0) is 5.92 Å². The van der Waals surface area contributed by atoms with Gasteiger partial charge in [0.15, 0.2) is 0 Å². The quantitative estimate of drug-likeness (QED) is 0.600. The van der Waals surface area contributed by atoms with Crippen LogP contribution in [0.3, 0.4) is 0 Å². The summed E-state index contributed by atoms with van der Waals surface area (Å²) in [5, 5.41) is 0. The van der Waals surface area contributed by atoms with E-state index in [1.54, 1.807) is 0 Å². The van der Waals surface area contributed by atoms with E-state index in [-0.39, 0.29) is 0 Å². The second kappa shape index (κ2) is 3.75. The third-order valence-electron chi connectivity index (χ3n) is 0.464. The largest absolute Gasteiger partial charge is 0.606 e. The van der Waals surface area contributed by atoms with Crippen molar-refractivity contribution >= 4 is 24.4 Å². The van der Waals surface area contributed by atoms with Gasteiger partial charge in [0, 0.05) is 9.61 Å². The van der Waals surface area contributed by atoms with E-state index in [4.69, 9.17) is 0 Å². The van der Waals surface area contributed by atoms with Crippen molar-refractivity contribution < 1.29 is 4.55 Å². The number of rotatable bonds is 2. The summed E-state index contributed by atoms with van der Waals surface area (Å²) < 4.78 is 10.3. The maximum atomic E-state index is 10.3. The zero-order valence-electron chi connectivity index (χ0n) is 4.48. The van der Waals surface area contributed by atoms with Crippen molar-refractivity contribution in [1.29, 1.82) is 0 Å². The molecule has 0 saturated carbocycles. The van der Waals surface area contributed by atoms with Gasteiger partial charge in [0.2, 0.25) is 14.8 Å². The fourth-order valence-electron chi connectivity index (χ4n) is 0.262. The third-order valence-corrected chi connectivity index (χ3v) is 2.19. The highest BCUT2D eigenvalue weighted by atomic mass is 79.9. The molecular formula is C4H9BrOS. The van der Waals surface area contributed by atoms with Gasteiger partial charge in [0.1, 0.15) is 5.75 Å². The molecule has 0 fully saturated rings. The van der Waals surface area contributed by atoms with Gasteiger partial charge >= 0.3 is 0 Å². The van der Waals surface area contributed by atoms with Crippen LogP contribution in [-0.2, 0) is 9.61 Å². The first-order valence-corrected chi connectivity index (χ1v) is 5.33. The molecule has 7 heavy (non-hydrogen) atoms. The van der Waals surface area contributed by atoms with Crippen molar-refractivity contribution in [3.05, 3.63) is 0 Å². The summed E-state index contributed by atoms with van der Waals surface area (Å²) in [6.07, 6.45) is 0. The molecule has 1 atom stereocenters. The van der Waals surface area contributed by atoms with Crippen molar-refractivity contribution in [2.75, 3.05) is 5.75 Å². The minimum Gasteiger partial charge on any atom is -0.606 e. The zero-order valence-corrected chi connectivity index (χ0v) is 6.88. The van der Waals surface area contributed by atoms with E-state index in [1.807, 2.05) is 13.8 Å². The zero-order chi connectivity index (χ0) is 5.86. The lowest BCUT2D eigenvalue weighted by molar-refractivity contribution is 0.597. The number of hydrogen-bond donors (Lipinski definition) is 0. The number of hydrogen-bond acceptors (Lipinski definition) is 1. The molecule has 3 heteroatoms.